The van der Waals surface area contributed by atoms with Crippen molar-refractivity contribution < 1.29 is 9.59 Å². The molecule has 5 heteroatoms. The molecule has 2 heterocycles. The molecule has 1 fully saturated rings. The molecule has 1 atom stereocenters. The highest BCUT2D eigenvalue weighted by molar-refractivity contribution is 6.07. The molecule has 0 aliphatic carbocycles. The summed E-state index contributed by atoms with van der Waals surface area (Å²) in [7, 11) is 0. The summed E-state index contributed by atoms with van der Waals surface area (Å²) in [5.41, 5.74) is -0.388. The average molecular weight is 261 g/mol. The first-order valence-corrected chi connectivity index (χ1v) is 6.74. The predicted molar refractivity (Wildman–Crippen MR) is 71.3 cm³/mol. The number of rotatable bonds is 6. The van der Waals surface area contributed by atoms with Crippen LogP contribution < -0.4 is 10.6 Å². The lowest BCUT2D eigenvalue weighted by Crippen LogP contribution is -2.44. The number of nitrogens with zero attached hydrogens (tertiary/aromatic N) is 1. The largest absolute Gasteiger partial charge is 0.322 e. The fraction of sp³-hybridized carbons (Fsp3) is 0.500. The van der Waals surface area contributed by atoms with Crippen molar-refractivity contribution >= 4 is 11.9 Å². The van der Waals surface area contributed by atoms with E-state index in [0.717, 1.165) is 25.7 Å². The Morgan fingerprint density at radius 2 is 2.05 bits per heavy atom. The van der Waals surface area contributed by atoms with E-state index in [1.165, 1.54) is 0 Å². The van der Waals surface area contributed by atoms with Crippen molar-refractivity contribution in [3.63, 3.8) is 0 Å². The van der Waals surface area contributed by atoms with E-state index in [-0.39, 0.29) is 5.91 Å². The molecule has 0 saturated carbocycles. The molecule has 5 nitrogen and oxygen atoms in total. The van der Waals surface area contributed by atoms with Crippen molar-refractivity contribution in [3.05, 3.63) is 30.1 Å². The third kappa shape index (κ3) is 2.75. The van der Waals surface area contributed by atoms with Gasteiger partial charge in [0.15, 0.2) is 5.54 Å². The maximum absolute atomic E-state index is 12.1. The first kappa shape index (κ1) is 13.5. The van der Waals surface area contributed by atoms with Gasteiger partial charge in [-0.3, -0.25) is 15.1 Å². The fourth-order valence-corrected chi connectivity index (χ4v) is 2.41. The van der Waals surface area contributed by atoms with Crippen LogP contribution in [0.15, 0.2) is 24.4 Å². The molecule has 2 rings (SSSR count). The van der Waals surface area contributed by atoms with Gasteiger partial charge in [0.05, 0.1) is 5.69 Å². The summed E-state index contributed by atoms with van der Waals surface area (Å²) in [4.78, 5) is 27.8. The zero-order valence-corrected chi connectivity index (χ0v) is 11.1. The highest BCUT2D eigenvalue weighted by Crippen LogP contribution is 2.29. The molecule has 1 aliphatic heterocycles. The lowest BCUT2D eigenvalue weighted by atomic mass is 9.88. The van der Waals surface area contributed by atoms with Crippen LogP contribution in [0.1, 0.15) is 44.7 Å². The monoisotopic (exact) mass is 261 g/mol. The number of unbranched alkanes of at least 4 members (excludes halogenated alkanes) is 3. The van der Waals surface area contributed by atoms with Crippen LogP contribution in [-0.2, 0) is 10.3 Å². The van der Waals surface area contributed by atoms with Crippen LogP contribution in [0.4, 0.5) is 4.79 Å². The van der Waals surface area contributed by atoms with E-state index in [1.54, 1.807) is 18.3 Å². The summed E-state index contributed by atoms with van der Waals surface area (Å²) in [6.07, 6.45) is 6.43. The third-order valence-electron chi connectivity index (χ3n) is 3.45. The molecule has 0 unspecified atom stereocenters. The number of carbonyl (C=O) groups is 2. The van der Waals surface area contributed by atoms with Gasteiger partial charge >= 0.3 is 6.03 Å². The van der Waals surface area contributed by atoms with E-state index in [9.17, 15) is 9.59 Å². The minimum absolute atomic E-state index is 0.298. The Balaban J connectivity index is 2.19. The summed E-state index contributed by atoms with van der Waals surface area (Å²) in [5, 5.41) is 5.07. The van der Waals surface area contributed by atoms with Crippen molar-refractivity contribution in [1.29, 1.82) is 0 Å². The molecule has 0 radical (unpaired) electrons. The molecular formula is C14H19N3O2. The number of urea groups is 1. The molecule has 0 bridgehead atoms. The highest BCUT2D eigenvalue weighted by Gasteiger charge is 2.48. The van der Waals surface area contributed by atoms with Crippen molar-refractivity contribution in [3.8, 4) is 0 Å². The molecule has 2 N–H and O–H groups in total. The Morgan fingerprint density at radius 3 is 2.63 bits per heavy atom. The van der Waals surface area contributed by atoms with Gasteiger partial charge in [-0.2, -0.15) is 0 Å². The summed E-state index contributed by atoms with van der Waals surface area (Å²) in [6.45, 7) is 2.14. The summed E-state index contributed by atoms with van der Waals surface area (Å²) < 4.78 is 0. The second-order valence-electron chi connectivity index (χ2n) is 4.84. The van der Waals surface area contributed by atoms with Crippen LogP contribution >= 0.6 is 0 Å². The van der Waals surface area contributed by atoms with Crippen molar-refractivity contribution in [2.75, 3.05) is 0 Å². The SMILES string of the molecule is CCCCCC[C@]1(c2ccccn2)NC(=O)NC1=O. The summed E-state index contributed by atoms with van der Waals surface area (Å²) >= 11 is 0. The van der Waals surface area contributed by atoms with Gasteiger partial charge in [-0.1, -0.05) is 38.7 Å². The van der Waals surface area contributed by atoms with Gasteiger partial charge in [-0.25, -0.2) is 4.79 Å². The van der Waals surface area contributed by atoms with E-state index in [0.29, 0.717) is 12.1 Å². The summed E-state index contributed by atoms with van der Waals surface area (Å²) in [6, 6.07) is 4.97. The van der Waals surface area contributed by atoms with Gasteiger partial charge in [0.25, 0.3) is 5.91 Å². The Labute approximate surface area is 112 Å². The van der Waals surface area contributed by atoms with Crippen LogP contribution in [0.5, 0.6) is 0 Å². The van der Waals surface area contributed by atoms with E-state index in [2.05, 4.69) is 22.5 Å². The van der Waals surface area contributed by atoms with Crippen molar-refractivity contribution in [2.24, 2.45) is 0 Å². The third-order valence-corrected chi connectivity index (χ3v) is 3.45. The van der Waals surface area contributed by atoms with Crippen LogP contribution in [0.2, 0.25) is 0 Å². The molecule has 3 amide bonds. The number of nitrogens with one attached hydrogen (secondary N) is 2. The molecule has 102 valence electrons. The lowest BCUT2D eigenvalue weighted by molar-refractivity contribution is -0.124. The standard InChI is InChI=1S/C14H19N3O2/c1-2-3-4-6-9-14(11-8-5-7-10-15-11)12(18)16-13(19)17-14/h5,7-8,10H,2-4,6,9H2,1H3,(H2,16,17,18,19)/t14-/m1/s1. The normalized spacial score (nSPS) is 22.2. The van der Waals surface area contributed by atoms with Crippen LogP contribution in [-0.4, -0.2) is 16.9 Å². The smallest absolute Gasteiger partial charge is 0.318 e. The number of hydrogen-bond acceptors (Lipinski definition) is 3. The minimum Gasteiger partial charge on any atom is -0.318 e. The molecule has 1 aromatic heterocycles. The van der Waals surface area contributed by atoms with E-state index in [1.807, 2.05) is 6.07 Å². The zero-order chi connectivity index (χ0) is 13.7. The van der Waals surface area contributed by atoms with Gasteiger partial charge in [0.2, 0.25) is 0 Å². The number of carbonyl (C=O) groups excluding carboxylic acids is 2. The Hall–Kier alpha value is -1.91. The minimum atomic E-state index is -0.994. The quantitative estimate of drug-likeness (QED) is 0.608. The van der Waals surface area contributed by atoms with E-state index < -0.39 is 11.6 Å². The number of imide groups is 1. The lowest BCUT2D eigenvalue weighted by Gasteiger charge is -2.25. The first-order chi connectivity index (χ1) is 9.19. The second-order valence-corrected chi connectivity index (χ2v) is 4.84. The predicted octanol–water partition coefficient (Wildman–Crippen LogP) is 2.09. The number of aromatic nitrogens is 1. The van der Waals surface area contributed by atoms with Crippen LogP contribution in [0.3, 0.4) is 0 Å². The highest BCUT2D eigenvalue weighted by atomic mass is 16.2. The number of pyridine rings is 1. The molecule has 1 saturated heterocycles. The molecule has 0 aromatic carbocycles. The Morgan fingerprint density at radius 1 is 1.21 bits per heavy atom. The number of amides is 3. The second kappa shape index (κ2) is 5.82. The van der Waals surface area contributed by atoms with Crippen LogP contribution in [0, 0.1) is 0 Å². The van der Waals surface area contributed by atoms with Gasteiger partial charge in [0, 0.05) is 6.20 Å². The molecule has 1 aliphatic rings. The molecule has 0 spiro atoms. The summed E-state index contributed by atoms with van der Waals surface area (Å²) in [5.74, 6) is -0.298. The maximum Gasteiger partial charge on any atom is 0.322 e. The van der Waals surface area contributed by atoms with Gasteiger partial charge < -0.3 is 5.32 Å². The zero-order valence-electron chi connectivity index (χ0n) is 11.1. The van der Waals surface area contributed by atoms with E-state index >= 15 is 0 Å². The average Bonchev–Trinajstić information content (AvgIpc) is 2.71. The molecular weight excluding hydrogens is 242 g/mol. The topological polar surface area (TPSA) is 71.1 Å². The Kier molecular flexibility index (Phi) is 4.14. The van der Waals surface area contributed by atoms with E-state index in [4.69, 9.17) is 0 Å². The molecule has 19 heavy (non-hydrogen) atoms. The van der Waals surface area contributed by atoms with Crippen LogP contribution in [0.25, 0.3) is 0 Å². The molecule has 1 aromatic rings. The van der Waals surface area contributed by atoms with Gasteiger partial charge in [-0.05, 0) is 18.6 Å². The fourth-order valence-electron chi connectivity index (χ4n) is 2.41. The van der Waals surface area contributed by atoms with Gasteiger partial charge in [0.1, 0.15) is 0 Å². The number of hydrogen-bond donors (Lipinski definition) is 2. The van der Waals surface area contributed by atoms with Crippen molar-refractivity contribution in [2.45, 2.75) is 44.6 Å². The van der Waals surface area contributed by atoms with Gasteiger partial charge in [-0.15, -0.1) is 0 Å². The van der Waals surface area contributed by atoms with Crippen molar-refractivity contribution in [1.82, 2.24) is 15.6 Å². The Bertz CT molecular complexity index is 461. The maximum atomic E-state index is 12.1. The first-order valence-electron chi connectivity index (χ1n) is 6.74.